The maximum atomic E-state index is 14.5. The lowest BCUT2D eigenvalue weighted by molar-refractivity contribution is -0.140. The molecule has 0 aliphatic rings. The van der Waals surface area contributed by atoms with Crippen LogP contribution in [0.3, 0.4) is 0 Å². The van der Waals surface area contributed by atoms with Gasteiger partial charge in [0.25, 0.3) is 0 Å². The van der Waals surface area contributed by atoms with Crippen molar-refractivity contribution in [3.63, 3.8) is 0 Å². The zero-order valence-corrected chi connectivity index (χ0v) is 18.6. The summed E-state index contributed by atoms with van der Waals surface area (Å²) in [4.78, 5) is 28.0. The largest absolute Gasteiger partial charge is 0.354 e. The highest BCUT2D eigenvalue weighted by atomic mass is 19.1. The fourth-order valence-electron chi connectivity index (χ4n) is 3.64. The van der Waals surface area contributed by atoms with Crippen molar-refractivity contribution < 1.29 is 18.4 Å². The molecule has 3 aromatic carbocycles. The van der Waals surface area contributed by atoms with Gasteiger partial charge in [-0.15, -0.1) is 0 Å². The zero-order chi connectivity index (χ0) is 23.6. The molecule has 0 aliphatic heterocycles. The van der Waals surface area contributed by atoms with Gasteiger partial charge in [-0.05, 0) is 29.7 Å². The van der Waals surface area contributed by atoms with Gasteiger partial charge in [0.15, 0.2) is 0 Å². The molecule has 4 nitrogen and oxygen atoms in total. The first-order chi connectivity index (χ1) is 16.0. The fourth-order valence-corrected chi connectivity index (χ4v) is 3.64. The minimum Gasteiger partial charge on any atom is -0.354 e. The Hall–Kier alpha value is -3.54. The van der Waals surface area contributed by atoms with Crippen LogP contribution in [0, 0.1) is 11.6 Å². The first kappa shape index (κ1) is 24.1. The van der Waals surface area contributed by atoms with Crippen LogP contribution in [0.4, 0.5) is 8.78 Å². The normalized spacial score (nSPS) is 11.6. The van der Waals surface area contributed by atoms with Crippen molar-refractivity contribution >= 4 is 11.8 Å². The number of amides is 2. The highest BCUT2D eigenvalue weighted by Crippen LogP contribution is 2.19. The molecule has 0 fully saturated rings. The third-order valence-electron chi connectivity index (χ3n) is 5.42. The van der Waals surface area contributed by atoms with E-state index in [0.717, 1.165) is 12.0 Å². The second kappa shape index (κ2) is 11.9. The number of carbonyl (C=O) groups is 2. The number of hydrogen-bond acceptors (Lipinski definition) is 2. The average Bonchev–Trinajstić information content (AvgIpc) is 2.83. The van der Waals surface area contributed by atoms with Crippen LogP contribution in [0.15, 0.2) is 78.9 Å². The number of halogens is 2. The van der Waals surface area contributed by atoms with Gasteiger partial charge >= 0.3 is 0 Å². The summed E-state index contributed by atoms with van der Waals surface area (Å²) in [5, 5.41) is 2.86. The summed E-state index contributed by atoms with van der Waals surface area (Å²) in [5.41, 5.74) is 1.39. The second-order valence-electron chi connectivity index (χ2n) is 7.88. The number of nitrogens with one attached hydrogen (secondary N) is 1. The maximum Gasteiger partial charge on any atom is 0.243 e. The number of rotatable bonds is 10. The molecule has 172 valence electrons. The summed E-state index contributed by atoms with van der Waals surface area (Å²) in [5.74, 6) is -1.73. The Labute approximate surface area is 193 Å². The van der Waals surface area contributed by atoms with Crippen molar-refractivity contribution in [1.82, 2.24) is 10.2 Å². The van der Waals surface area contributed by atoms with Gasteiger partial charge in [-0.25, -0.2) is 8.78 Å². The van der Waals surface area contributed by atoms with Gasteiger partial charge in [-0.1, -0.05) is 73.7 Å². The van der Waals surface area contributed by atoms with Crippen LogP contribution in [-0.2, 0) is 29.0 Å². The average molecular weight is 451 g/mol. The summed E-state index contributed by atoms with van der Waals surface area (Å²) < 4.78 is 28.8. The molecular weight excluding hydrogens is 422 g/mol. The van der Waals surface area contributed by atoms with Crippen molar-refractivity contribution in [3.05, 3.63) is 107 Å². The molecule has 0 heterocycles. The first-order valence-electron chi connectivity index (χ1n) is 11.1. The lowest BCUT2D eigenvalue weighted by atomic mass is 10.0. The predicted octanol–water partition coefficient (Wildman–Crippen LogP) is 4.67. The minimum absolute atomic E-state index is 0.100. The molecule has 0 saturated heterocycles. The van der Waals surface area contributed by atoms with Crippen LogP contribution in [0.2, 0.25) is 0 Å². The van der Waals surface area contributed by atoms with Crippen LogP contribution >= 0.6 is 0 Å². The Morgan fingerprint density at radius 3 is 2.03 bits per heavy atom. The van der Waals surface area contributed by atoms with E-state index < -0.39 is 23.6 Å². The molecule has 0 bridgehead atoms. The van der Waals surface area contributed by atoms with Crippen LogP contribution in [0.5, 0.6) is 0 Å². The van der Waals surface area contributed by atoms with E-state index >= 15 is 0 Å². The zero-order valence-electron chi connectivity index (χ0n) is 18.6. The van der Waals surface area contributed by atoms with Crippen LogP contribution < -0.4 is 5.32 Å². The smallest absolute Gasteiger partial charge is 0.243 e. The molecule has 33 heavy (non-hydrogen) atoms. The fraction of sp³-hybridized carbons (Fsp3) is 0.259. The summed E-state index contributed by atoms with van der Waals surface area (Å²) in [6, 6.07) is 20.7. The lowest BCUT2D eigenvalue weighted by Gasteiger charge is -2.32. The van der Waals surface area contributed by atoms with E-state index in [1.54, 1.807) is 30.3 Å². The highest BCUT2D eigenvalue weighted by Gasteiger charge is 2.31. The van der Waals surface area contributed by atoms with E-state index in [1.165, 1.54) is 23.1 Å². The van der Waals surface area contributed by atoms with Crippen molar-refractivity contribution in [1.29, 1.82) is 0 Å². The standard InChI is InChI=1S/C27H28F2N2O2/c1-2-16-30-27(33)25(17-20-10-4-3-5-11-20)31(19-22-13-7-9-15-24(22)29)26(32)18-21-12-6-8-14-23(21)28/h3-15,25H,2,16-19H2,1H3,(H,30,33). The summed E-state index contributed by atoms with van der Waals surface area (Å²) in [6.07, 6.45) is 0.765. The maximum absolute atomic E-state index is 14.5. The molecule has 0 aromatic heterocycles. The highest BCUT2D eigenvalue weighted by molar-refractivity contribution is 5.88. The molecule has 1 unspecified atom stereocenters. The summed E-state index contributed by atoms with van der Waals surface area (Å²) in [7, 11) is 0. The molecule has 1 atom stereocenters. The Balaban J connectivity index is 1.97. The monoisotopic (exact) mass is 450 g/mol. The van der Waals surface area contributed by atoms with E-state index in [2.05, 4.69) is 5.32 Å². The Kier molecular flexibility index (Phi) is 8.70. The van der Waals surface area contributed by atoms with Gasteiger partial charge < -0.3 is 10.2 Å². The molecule has 0 aliphatic carbocycles. The van der Waals surface area contributed by atoms with Crippen molar-refractivity contribution in [2.24, 2.45) is 0 Å². The Bertz CT molecular complexity index is 1070. The van der Waals surface area contributed by atoms with Gasteiger partial charge in [0.2, 0.25) is 11.8 Å². The quantitative estimate of drug-likeness (QED) is 0.488. The summed E-state index contributed by atoms with van der Waals surface area (Å²) in [6.45, 7) is 2.29. The van der Waals surface area contributed by atoms with Crippen LogP contribution in [0.1, 0.15) is 30.0 Å². The van der Waals surface area contributed by atoms with Gasteiger partial charge in [-0.3, -0.25) is 9.59 Å². The molecule has 1 N–H and O–H groups in total. The van der Waals surface area contributed by atoms with E-state index in [0.29, 0.717) is 12.1 Å². The molecular formula is C27H28F2N2O2. The van der Waals surface area contributed by atoms with Gasteiger partial charge in [0.05, 0.1) is 6.42 Å². The number of hydrogen-bond donors (Lipinski definition) is 1. The van der Waals surface area contributed by atoms with Crippen molar-refractivity contribution in [3.8, 4) is 0 Å². The minimum atomic E-state index is -0.877. The number of benzene rings is 3. The van der Waals surface area contributed by atoms with Crippen LogP contribution in [0.25, 0.3) is 0 Å². The Morgan fingerprint density at radius 2 is 1.42 bits per heavy atom. The first-order valence-corrected chi connectivity index (χ1v) is 11.1. The summed E-state index contributed by atoms with van der Waals surface area (Å²) >= 11 is 0. The van der Waals surface area contributed by atoms with Crippen LogP contribution in [-0.4, -0.2) is 29.3 Å². The lowest BCUT2D eigenvalue weighted by Crippen LogP contribution is -2.51. The molecule has 0 spiro atoms. The molecule has 3 rings (SSSR count). The molecule has 6 heteroatoms. The van der Waals surface area contributed by atoms with E-state index in [-0.39, 0.29) is 30.9 Å². The van der Waals surface area contributed by atoms with Crippen molar-refractivity contribution in [2.75, 3.05) is 6.54 Å². The number of carbonyl (C=O) groups excluding carboxylic acids is 2. The van der Waals surface area contributed by atoms with E-state index in [9.17, 15) is 18.4 Å². The number of nitrogens with zero attached hydrogens (tertiary/aromatic N) is 1. The molecule has 0 saturated carbocycles. The van der Waals surface area contributed by atoms with E-state index in [4.69, 9.17) is 0 Å². The van der Waals surface area contributed by atoms with Gasteiger partial charge in [-0.2, -0.15) is 0 Å². The topological polar surface area (TPSA) is 49.4 Å². The Morgan fingerprint density at radius 1 is 0.848 bits per heavy atom. The van der Waals surface area contributed by atoms with Gasteiger partial charge in [0.1, 0.15) is 17.7 Å². The SMILES string of the molecule is CCCNC(=O)C(Cc1ccccc1)N(Cc1ccccc1F)C(=O)Cc1ccccc1F. The third kappa shape index (κ3) is 6.72. The van der Waals surface area contributed by atoms with Gasteiger partial charge in [0, 0.05) is 25.1 Å². The molecule has 0 radical (unpaired) electrons. The molecule has 3 aromatic rings. The third-order valence-corrected chi connectivity index (χ3v) is 5.42. The predicted molar refractivity (Wildman–Crippen MR) is 124 cm³/mol. The van der Waals surface area contributed by atoms with E-state index in [1.807, 2.05) is 37.3 Å². The second-order valence-corrected chi connectivity index (χ2v) is 7.88. The molecule has 2 amide bonds. The van der Waals surface area contributed by atoms with Crippen molar-refractivity contribution in [2.45, 2.75) is 38.8 Å².